The molecule has 0 radical (unpaired) electrons. The number of carbonyl (C=O) groups is 2. The van der Waals surface area contributed by atoms with Crippen LogP contribution in [0.25, 0.3) is 0 Å². The number of benzene rings is 2. The van der Waals surface area contributed by atoms with E-state index in [2.05, 4.69) is 5.32 Å². The Morgan fingerprint density at radius 3 is 2.75 bits per heavy atom. The second kappa shape index (κ2) is 6.15. The highest BCUT2D eigenvalue weighted by Crippen LogP contribution is 2.46. The predicted octanol–water partition coefficient (Wildman–Crippen LogP) is 2.61. The summed E-state index contributed by atoms with van der Waals surface area (Å²) in [7, 11) is 1.80. The van der Waals surface area contributed by atoms with Gasteiger partial charge in [-0.05, 0) is 30.2 Å². The number of amides is 3. The zero-order valence-corrected chi connectivity index (χ0v) is 15.6. The Bertz CT molecular complexity index is 976. The van der Waals surface area contributed by atoms with E-state index in [1.165, 1.54) is 0 Å². The average molecular weight is 379 g/mol. The van der Waals surface area contributed by atoms with Gasteiger partial charge in [-0.15, -0.1) is 0 Å². The largest absolute Gasteiger partial charge is 0.486 e. The first-order valence-corrected chi connectivity index (χ1v) is 9.42. The van der Waals surface area contributed by atoms with Crippen LogP contribution in [0.3, 0.4) is 0 Å². The van der Waals surface area contributed by atoms with Gasteiger partial charge in [0.1, 0.15) is 13.2 Å². The van der Waals surface area contributed by atoms with Crippen molar-refractivity contribution < 1.29 is 19.1 Å². The van der Waals surface area contributed by atoms with E-state index < -0.39 is 5.41 Å². The van der Waals surface area contributed by atoms with Crippen molar-refractivity contribution in [3.63, 3.8) is 0 Å². The number of nitrogens with zero attached hydrogens (tertiary/aromatic N) is 2. The molecule has 3 amide bonds. The highest BCUT2D eigenvalue weighted by molar-refractivity contribution is 6.08. The van der Waals surface area contributed by atoms with E-state index in [0.29, 0.717) is 49.9 Å². The molecule has 5 rings (SSSR count). The van der Waals surface area contributed by atoms with Crippen LogP contribution in [-0.4, -0.2) is 50.2 Å². The number of anilines is 2. The second-order valence-corrected chi connectivity index (χ2v) is 7.42. The molecule has 0 unspecified atom stereocenters. The Morgan fingerprint density at radius 1 is 1.11 bits per heavy atom. The molecule has 144 valence electrons. The Morgan fingerprint density at radius 2 is 1.89 bits per heavy atom. The van der Waals surface area contributed by atoms with Gasteiger partial charge in [-0.25, -0.2) is 4.79 Å². The summed E-state index contributed by atoms with van der Waals surface area (Å²) in [5, 5.41) is 2.92. The number of nitrogens with one attached hydrogen (secondary N) is 1. The van der Waals surface area contributed by atoms with Crippen LogP contribution in [0, 0.1) is 0 Å². The van der Waals surface area contributed by atoms with Crippen molar-refractivity contribution in [2.24, 2.45) is 0 Å². The van der Waals surface area contributed by atoms with Crippen molar-refractivity contribution in [1.82, 2.24) is 4.90 Å². The molecule has 28 heavy (non-hydrogen) atoms. The third-order valence-electron chi connectivity index (χ3n) is 5.84. The summed E-state index contributed by atoms with van der Waals surface area (Å²) in [5.74, 6) is 1.37. The lowest BCUT2D eigenvalue weighted by atomic mass is 9.81. The molecule has 1 fully saturated rings. The zero-order valence-electron chi connectivity index (χ0n) is 15.6. The van der Waals surface area contributed by atoms with Crippen LogP contribution in [0.5, 0.6) is 11.5 Å². The number of rotatable bonds is 1. The Labute approximate surface area is 162 Å². The molecule has 1 saturated heterocycles. The standard InChI is InChI=1S/C21H21N3O4/c1-23-16-5-3-2-4-15(16)21(19(23)25)8-9-24(13-21)20(26)22-14-6-7-17-18(12-14)28-11-10-27-17/h2-7,12H,8-11,13H2,1H3,(H,22,26)/t21-/m0/s1. The molecule has 1 spiro atoms. The molecule has 3 aliphatic rings. The van der Waals surface area contributed by atoms with Crippen molar-refractivity contribution in [3.8, 4) is 11.5 Å². The minimum atomic E-state index is -0.643. The van der Waals surface area contributed by atoms with E-state index in [9.17, 15) is 9.59 Å². The van der Waals surface area contributed by atoms with Gasteiger partial charge in [-0.2, -0.15) is 0 Å². The van der Waals surface area contributed by atoms with E-state index >= 15 is 0 Å². The van der Waals surface area contributed by atoms with Gasteiger partial charge >= 0.3 is 6.03 Å². The van der Waals surface area contributed by atoms with Gasteiger partial charge in [0.15, 0.2) is 11.5 Å². The quantitative estimate of drug-likeness (QED) is 0.827. The minimum Gasteiger partial charge on any atom is -0.486 e. The molecule has 1 N–H and O–H groups in total. The normalized spacial score (nSPS) is 22.5. The number of carbonyl (C=O) groups excluding carboxylic acids is 2. The van der Waals surface area contributed by atoms with Gasteiger partial charge in [-0.3, -0.25) is 4.79 Å². The van der Waals surface area contributed by atoms with Gasteiger partial charge in [0.05, 0.1) is 5.41 Å². The fourth-order valence-corrected chi connectivity index (χ4v) is 4.42. The van der Waals surface area contributed by atoms with Crippen molar-refractivity contribution >= 4 is 23.3 Å². The summed E-state index contributed by atoms with van der Waals surface area (Å²) in [5.41, 5.74) is 1.94. The van der Waals surface area contributed by atoms with Crippen LogP contribution in [0.1, 0.15) is 12.0 Å². The molecular weight excluding hydrogens is 358 g/mol. The number of para-hydroxylation sites is 1. The smallest absolute Gasteiger partial charge is 0.321 e. The highest BCUT2D eigenvalue weighted by atomic mass is 16.6. The third kappa shape index (κ3) is 2.42. The fraction of sp³-hybridized carbons (Fsp3) is 0.333. The number of urea groups is 1. The Kier molecular flexibility index (Phi) is 3.72. The summed E-state index contributed by atoms with van der Waals surface area (Å²) >= 11 is 0. The van der Waals surface area contributed by atoms with Gasteiger partial charge in [-0.1, -0.05) is 18.2 Å². The van der Waals surface area contributed by atoms with Crippen molar-refractivity contribution in [2.45, 2.75) is 11.8 Å². The van der Waals surface area contributed by atoms with Crippen LogP contribution >= 0.6 is 0 Å². The molecule has 0 aliphatic carbocycles. The number of likely N-dealkylation sites (tertiary alicyclic amines) is 1. The SMILES string of the molecule is CN1C(=O)[C@]2(CCN(C(=O)Nc3ccc4c(c3)OCCO4)C2)c2ccccc21. The Balaban J connectivity index is 1.35. The first-order valence-electron chi connectivity index (χ1n) is 9.42. The lowest BCUT2D eigenvalue weighted by Crippen LogP contribution is -2.42. The van der Waals surface area contributed by atoms with E-state index in [-0.39, 0.29) is 11.9 Å². The maximum absolute atomic E-state index is 13.0. The van der Waals surface area contributed by atoms with Crippen molar-refractivity contribution in [1.29, 1.82) is 0 Å². The van der Waals surface area contributed by atoms with Gasteiger partial charge in [0, 0.05) is 37.6 Å². The number of fused-ring (bicyclic) bond motifs is 3. The summed E-state index contributed by atoms with van der Waals surface area (Å²) in [6.45, 7) is 1.93. The minimum absolute atomic E-state index is 0.0586. The lowest BCUT2D eigenvalue weighted by molar-refractivity contribution is -0.122. The molecule has 2 aromatic carbocycles. The topological polar surface area (TPSA) is 71.1 Å². The molecule has 2 aromatic rings. The van der Waals surface area contributed by atoms with E-state index in [1.807, 2.05) is 24.3 Å². The summed E-state index contributed by atoms with van der Waals surface area (Å²) in [4.78, 5) is 29.3. The summed E-state index contributed by atoms with van der Waals surface area (Å²) in [6.07, 6.45) is 0.627. The third-order valence-corrected chi connectivity index (χ3v) is 5.84. The average Bonchev–Trinajstić information content (AvgIpc) is 3.26. The van der Waals surface area contributed by atoms with Crippen molar-refractivity contribution in [2.75, 3.05) is 43.6 Å². The molecular formula is C21H21N3O4. The van der Waals surface area contributed by atoms with E-state index in [0.717, 1.165) is 11.3 Å². The van der Waals surface area contributed by atoms with Crippen LogP contribution in [0.15, 0.2) is 42.5 Å². The van der Waals surface area contributed by atoms with Crippen LogP contribution in [0.4, 0.5) is 16.2 Å². The number of hydrogen-bond acceptors (Lipinski definition) is 4. The first kappa shape index (κ1) is 16.9. The molecule has 3 heterocycles. The Hall–Kier alpha value is -3.22. The van der Waals surface area contributed by atoms with Crippen LogP contribution < -0.4 is 19.7 Å². The summed E-state index contributed by atoms with van der Waals surface area (Å²) in [6, 6.07) is 13.0. The predicted molar refractivity (Wildman–Crippen MR) is 104 cm³/mol. The molecule has 7 nitrogen and oxygen atoms in total. The zero-order chi connectivity index (χ0) is 19.3. The van der Waals surface area contributed by atoms with Gasteiger partial charge in [0.2, 0.25) is 5.91 Å². The number of likely N-dealkylation sites (N-methyl/N-ethyl adjacent to an activating group) is 1. The van der Waals surface area contributed by atoms with Gasteiger partial charge in [0.25, 0.3) is 0 Å². The maximum atomic E-state index is 13.0. The van der Waals surface area contributed by atoms with E-state index in [4.69, 9.17) is 9.47 Å². The molecule has 0 bridgehead atoms. The number of ether oxygens (including phenoxy) is 2. The maximum Gasteiger partial charge on any atom is 0.321 e. The highest BCUT2D eigenvalue weighted by Gasteiger charge is 2.54. The first-order chi connectivity index (χ1) is 13.6. The molecule has 0 saturated carbocycles. The molecule has 7 heteroatoms. The van der Waals surface area contributed by atoms with Crippen LogP contribution in [0.2, 0.25) is 0 Å². The van der Waals surface area contributed by atoms with Crippen LogP contribution in [-0.2, 0) is 10.2 Å². The molecule has 3 aliphatic heterocycles. The summed E-state index contributed by atoms with van der Waals surface area (Å²) < 4.78 is 11.1. The lowest BCUT2D eigenvalue weighted by Gasteiger charge is -2.24. The fourth-order valence-electron chi connectivity index (χ4n) is 4.42. The van der Waals surface area contributed by atoms with Gasteiger partial charge < -0.3 is 24.6 Å². The molecule has 1 atom stereocenters. The number of hydrogen-bond donors (Lipinski definition) is 1. The second-order valence-electron chi connectivity index (χ2n) is 7.42. The van der Waals surface area contributed by atoms with Crippen molar-refractivity contribution in [3.05, 3.63) is 48.0 Å². The monoisotopic (exact) mass is 379 g/mol. The van der Waals surface area contributed by atoms with E-state index in [1.54, 1.807) is 35.0 Å². The molecule has 0 aromatic heterocycles.